The van der Waals surface area contributed by atoms with Crippen molar-refractivity contribution in [2.45, 2.75) is 12.9 Å². The lowest BCUT2D eigenvalue weighted by Gasteiger charge is -2.09. The van der Waals surface area contributed by atoms with E-state index in [0.29, 0.717) is 5.56 Å². The second-order valence-electron chi connectivity index (χ2n) is 2.94. The summed E-state index contributed by atoms with van der Waals surface area (Å²) < 4.78 is 39.4. The third kappa shape index (κ3) is 6.52. The third-order valence-electron chi connectivity index (χ3n) is 1.58. The second-order valence-corrected chi connectivity index (χ2v) is 2.94. The predicted molar refractivity (Wildman–Crippen MR) is 59.9 cm³/mol. The van der Waals surface area contributed by atoms with E-state index >= 15 is 0 Å². The van der Waals surface area contributed by atoms with Crippen molar-refractivity contribution in [1.29, 1.82) is 0 Å². The van der Waals surface area contributed by atoms with Crippen molar-refractivity contribution < 1.29 is 17.9 Å². The van der Waals surface area contributed by atoms with E-state index in [4.69, 9.17) is 11.5 Å². The molecule has 0 radical (unpaired) electrons. The summed E-state index contributed by atoms with van der Waals surface area (Å²) in [6.45, 7) is 0.109. The molecule has 0 atom stereocenters. The molecule has 0 spiro atoms. The fraction of sp³-hybridized carbons (Fsp3) is 0.222. The molecule has 1 aromatic carbocycles. The Labute approximate surface area is 102 Å². The van der Waals surface area contributed by atoms with Gasteiger partial charge in [0.25, 0.3) is 0 Å². The first kappa shape index (κ1) is 15.4. The van der Waals surface area contributed by atoms with Gasteiger partial charge >= 0.3 is 6.36 Å². The molecule has 1 aromatic rings. The molecule has 0 fully saturated rings. The van der Waals surface area contributed by atoms with Crippen LogP contribution in [0.25, 0.3) is 0 Å². The van der Waals surface area contributed by atoms with Crippen LogP contribution in [0.2, 0.25) is 0 Å². The van der Waals surface area contributed by atoms with Crippen LogP contribution >= 0.6 is 12.4 Å². The molecule has 4 N–H and O–H groups in total. The van der Waals surface area contributed by atoms with Gasteiger partial charge in [-0.25, -0.2) is 4.99 Å². The van der Waals surface area contributed by atoms with Crippen molar-refractivity contribution in [2.24, 2.45) is 16.5 Å². The number of nitrogens with zero attached hydrogens (tertiary/aromatic N) is 1. The molecule has 0 aliphatic heterocycles. The minimum absolute atomic E-state index is 0. The lowest BCUT2D eigenvalue weighted by molar-refractivity contribution is -0.274. The van der Waals surface area contributed by atoms with Crippen molar-refractivity contribution >= 4 is 18.4 Å². The van der Waals surface area contributed by atoms with Gasteiger partial charge in [-0.3, -0.25) is 0 Å². The van der Waals surface area contributed by atoms with E-state index in [1.165, 1.54) is 18.2 Å². The van der Waals surface area contributed by atoms with Crippen molar-refractivity contribution in [3.8, 4) is 5.75 Å². The number of halogens is 4. The largest absolute Gasteiger partial charge is 0.573 e. The number of guanidine groups is 1. The number of hydrogen-bond donors (Lipinski definition) is 2. The van der Waals surface area contributed by atoms with E-state index in [-0.39, 0.29) is 30.7 Å². The lowest BCUT2D eigenvalue weighted by atomic mass is 10.2. The second kappa shape index (κ2) is 6.19. The Morgan fingerprint density at radius 1 is 1.29 bits per heavy atom. The number of benzene rings is 1. The Morgan fingerprint density at radius 2 is 1.94 bits per heavy atom. The van der Waals surface area contributed by atoms with Crippen LogP contribution in [0, 0.1) is 0 Å². The molecule has 0 amide bonds. The summed E-state index contributed by atoms with van der Waals surface area (Å²) in [6, 6.07) is 5.45. The number of aliphatic imine (C=N–C) groups is 1. The predicted octanol–water partition coefficient (Wildman–Crippen LogP) is 1.78. The van der Waals surface area contributed by atoms with Crippen LogP contribution in [0.15, 0.2) is 29.3 Å². The SMILES string of the molecule is Cl.NC(N)=NCc1cccc(OC(F)(F)F)c1. The first-order valence-corrected chi connectivity index (χ1v) is 4.27. The van der Waals surface area contributed by atoms with E-state index in [1.54, 1.807) is 6.07 Å². The highest BCUT2D eigenvalue weighted by atomic mass is 35.5. The highest BCUT2D eigenvalue weighted by Gasteiger charge is 2.31. The highest BCUT2D eigenvalue weighted by molar-refractivity contribution is 5.85. The van der Waals surface area contributed by atoms with Gasteiger partial charge in [-0.1, -0.05) is 12.1 Å². The van der Waals surface area contributed by atoms with Gasteiger partial charge in [0.15, 0.2) is 5.96 Å². The van der Waals surface area contributed by atoms with E-state index in [1.807, 2.05) is 0 Å². The summed E-state index contributed by atoms with van der Waals surface area (Å²) in [7, 11) is 0. The molecule has 0 aromatic heterocycles. The van der Waals surface area contributed by atoms with Crippen LogP contribution in [-0.4, -0.2) is 12.3 Å². The summed E-state index contributed by atoms with van der Waals surface area (Å²) in [6.07, 6.45) is -4.70. The average molecular weight is 270 g/mol. The topological polar surface area (TPSA) is 73.6 Å². The van der Waals surface area contributed by atoms with Gasteiger partial charge in [-0.05, 0) is 17.7 Å². The summed E-state index contributed by atoms with van der Waals surface area (Å²) in [5.74, 6) is -0.419. The number of rotatable bonds is 3. The van der Waals surface area contributed by atoms with Crippen LogP contribution in [0.3, 0.4) is 0 Å². The van der Waals surface area contributed by atoms with Crippen molar-refractivity contribution in [3.63, 3.8) is 0 Å². The first-order valence-electron chi connectivity index (χ1n) is 4.27. The maximum Gasteiger partial charge on any atom is 0.573 e. The van der Waals surface area contributed by atoms with Gasteiger partial charge in [0.2, 0.25) is 0 Å². The maximum absolute atomic E-state index is 11.9. The van der Waals surface area contributed by atoms with E-state index in [9.17, 15) is 13.2 Å². The molecule has 0 heterocycles. The van der Waals surface area contributed by atoms with Gasteiger partial charge in [0.1, 0.15) is 5.75 Å². The minimum atomic E-state index is -4.70. The molecule has 96 valence electrons. The van der Waals surface area contributed by atoms with E-state index in [0.717, 1.165) is 0 Å². The van der Waals surface area contributed by atoms with E-state index < -0.39 is 6.36 Å². The number of alkyl halides is 3. The zero-order valence-electron chi connectivity index (χ0n) is 8.57. The van der Waals surface area contributed by atoms with Crippen LogP contribution < -0.4 is 16.2 Å². The molecular formula is C9H11ClF3N3O. The number of nitrogens with two attached hydrogens (primary N) is 2. The molecule has 0 aliphatic rings. The normalized spacial score (nSPS) is 10.3. The van der Waals surface area contributed by atoms with Crippen molar-refractivity contribution in [3.05, 3.63) is 29.8 Å². The Bertz CT molecular complexity index is 391. The third-order valence-corrected chi connectivity index (χ3v) is 1.58. The van der Waals surface area contributed by atoms with Gasteiger partial charge in [-0.2, -0.15) is 0 Å². The molecular weight excluding hydrogens is 259 g/mol. The molecule has 17 heavy (non-hydrogen) atoms. The maximum atomic E-state index is 11.9. The molecule has 4 nitrogen and oxygen atoms in total. The number of hydrogen-bond acceptors (Lipinski definition) is 2. The lowest BCUT2D eigenvalue weighted by Crippen LogP contribution is -2.22. The Hall–Kier alpha value is -1.63. The molecule has 1 rings (SSSR count). The summed E-state index contributed by atoms with van der Waals surface area (Å²) in [4.78, 5) is 3.67. The monoisotopic (exact) mass is 269 g/mol. The Balaban J connectivity index is 0.00000256. The van der Waals surface area contributed by atoms with Crippen LogP contribution in [0.4, 0.5) is 13.2 Å². The van der Waals surface area contributed by atoms with E-state index in [2.05, 4.69) is 9.73 Å². The highest BCUT2D eigenvalue weighted by Crippen LogP contribution is 2.23. The van der Waals surface area contributed by atoms with Gasteiger partial charge in [0.05, 0.1) is 6.54 Å². The minimum Gasteiger partial charge on any atom is -0.406 e. The molecule has 0 saturated heterocycles. The van der Waals surface area contributed by atoms with Crippen LogP contribution in [-0.2, 0) is 6.54 Å². The average Bonchev–Trinajstić information content (AvgIpc) is 2.12. The van der Waals surface area contributed by atoms with Crippen molar-refractivity contribution in [2.75, 3.05) is 0 Å². The van der Waals surface area contributed by atoms with Gasteiger partial charge in [-0.15, -0.1) is 25.6 Å². The number of ether oxygens (including phenoxy) is 1. The molecule has 0 saturated carbocycles. The zero-order chi connectivity index (χ0) is 12.2. The zero-order valence-corrected chi connectivity index (χ0v) is 9.39. The standard InChI is InChI=1S/C9H10F3N3O.ClH/c10-9(11,12)16-7-3-1-2-6(4-7)5-15-8(13)14;/h1-4H,5H2,(H4,13,14,15);1H. The summed E-state index contributed by atoms with van der Waals surface area (Å²) in [5, 5.41) is 0. The first-order chi connectivity index (χ1) is 7.37. The quantitative estimate of drug-likeness (QED) is 0.649. The molecule has 0 aliphatic carbocycles. The smallest absolute Gasteiger partial charge is 0.406 e. The van der Waals surface area contributed by atoms with Gasteiger partial charge < -0.3 is 16.2 Å². The molecule has 8 heteroatoms. The fourth-order valence-corrected chi connectivity index (χ4v) is 1.02. The Kier molecular flexibility index (Phi) is 5.60. The molecule has 0 unspecified atom stereocenters. The van der Waals surface area contributed by atoms with Crippen LogP contribution in [0.1, 0.15) is 5.56 Å². The Morgan fingerprint density at radius 3 is 2.47 bits per heavy atom. The fourth-order valence-electron chi connectivity index (χ4n) is 1.02. The van der Waals surface area contributed by atoms with Crippen molar-refractivity contribution in [1.82, 2.24) is 0 Å². The molecule has 0 bridgehead atoms. The summed E-state index contributed by atoms with van der Waals surface area (Å²) in [5.41, 5.74) is 10.7. The van der Waals surface area contributed by atoms with Gasteiger partial charge in [0, 0.05) is 0 Å². The summed E-state index contributed by atoms with van der Waals surface area (Å²) >= 11 is 0. The van der Waals surface area contributed by atoms with Crippen LogP contribution in [0.5, 0.6) is 5.75 Å².